The van der Waals surface area contributed by atoms with Crippen molar-refractivity contribution >= 4 is 32.4 Å². The average molecular weight is 411 g/mol. The standard InChI is InChI=1S/C23H26N2O3S/c1-17-13-18(2)15-21(14-17)25(12-11-23(26)24(3)4)29(27,28)22-10-9-19-7-5-6-8-20(19)16-22/h5-10,13-16H,11-12H2,1-4H3. The molecule has 3 rings (SSSR count). The largest absolute Gasteiger partial charge is 0.349 e. The predicted octanol–water partition coefficient (Wildman–Crippen LogP) is 4.13. The van der Waals surface area contributed by atoms with Crippen LogP contribution in [0.3, 0.4) is 0 Å². The van der Waals surface area contributed by atoms with Crippen LogP contribution < -0.4 is 4.31 Å². The van der Waals surface area contributed by atoms with Crippen molar-refractivity contribution in [1.82, 2.24) is 4.90 Å². The zero-order chi connectivity index (χ0) is 21.2. The molecule has 0 fully saturated rings. The second kappa shape index (κ2) is 8.25. The Kier molecular flexibility index (Phi) is 5.94. The highest BCUT2D eigenvalue weighted by atomic mass is 32.2. The lowest BCUT2D eigenvalue weighted by Crippen LogP contribution is -2.35. The van der Waals surface area contributed by atoms with Crippen LogP contribution in [0.1, 0.15) is 17.5 Å². The van der Waals surface area contributed by atoms with E-state index >= 15 is 0 Å². The Labute approximate surface area is 172 Å². The van der Waals surface area contributed by atoms with E-state index in [9.17, 15) is 13.2 Å². The molecule has 0 aliphatic rings. The lowest BCUT2D eigenvalue weighted by atomic mass is 10.1. The molecule has 0 N–H and O–H groups in total. The summed E-state index contributed by atoms with van der Waals surface area (Å²) < 4.78 is 28.5. The molecule has 5 nitrogen and oxygen atoms in total. The molecule has 0 radical (unpaired) electrons. The van der Waals surface area contributed by atoms with E-state index in [1.807, 2.05) is 62.4 Å². The van der Waals surface area contributed by atoms with Crippen LogP contribution in [-0.2, 0) is 14.8 Å². The van der Waals surface area contributed by atoms with E-state index < -0.39 is 10.0 Å². The van der Waals surface area contributed by atoms with Crippen molar-refractivity contribution in [2.45, 2.75) is 25.2 Å². The Hall–Kier alpha value is -2.86. The van der Waals surface area contributed by atoms with Gasteiger partial charge in [0.1, 0.15) is 0 Å². The molecular weight excluding hydrogens is 384 g/mol. The molecule has 29 heavy (non-hydrogen) atoms. The van der Waals surface area contributed by atoms with Gasteiger partial charge < -0.3 is 4.90 Å². The summed E-state index contributed by atoms with van der Waals surface area (Å²) in [5.74, 6) is -0.118. The van der Waals surface area contributed by atoms with Gasteiger partial charge in [-0.25, -0.2) is 8.42 Å². The molecule has 0 bridgehead atoms. The molecule has 152 valence electrons. The minimum atomic E-state index is -3.84. The summed E-state index contributed by atoms with van der Waals surface area (Å²) in [6.07, 6.45) is 0.104. The van der Waals surface area contributed by atoms with E-state index in [1.165, 1.54) is 9.21 Å². The number of hydrogen-bond donors (Lipinski definition) is 0. The van der Waals surface area contributed by atoms with Crippen LogP contribution in [0.4, 0.5) is 5.69 Å². The number of aryl methyl sites for hydroxylation is 2. The van der Waals surface area contributed by atoms with E-state index in [0.29, 0.717) is 5.69 Å². The van der Waals surface area contributed by atoms with Gasteiger partial charge in [0.05, 0.1) is 10.6 Å². The monoisotopic (exact) mass is 410 g/mol. The van der Waals surface area contributed by atoms with E-state index in [0.717, 1.165) is 21.9 Å². The Balaban J connectivity index is 2.07. The van der Waals surface area contributed by atoms with Gasteiger partial charge in [-0.1, -0.05) is 36.4 Å². The van der Waals surface area contributed by atoms with Crippen LogP contribution >= 0.6 is 0 Å². The lowest BCUT2D eigenvalue weighted by Gasteiger charge is -2.26. The van der Waals surface area contributed by atoms with Gasteiger partial charge >= 0.3 is 0 Å². The molecular formula is C23H26N2O3S. The molecule has 3 aromatic carbocycles. The third kappa shape index (κ3) is 4.59. The maximum absolute atomic E-state index is 13.6. The molecule has 6 heteroatoms. The molecule has 0 spiro atoms. The van der Waals surface area contributed by atoms with Crippen LogP contribution in [0.2, 0.25) is 0 Å². The lowest BCUT2D eigenvalue weighted by molar-refractivity contribution is -0.128. The maximum Gasteiger partial charge on any atom is 0.264 e. The molecule has 0 aromatic heterocycles. The Morgan fingerprint density at radius 3 is 2.10 bits per heavy atom. The third-order valence-electron chi connectivity index (χ3n) is 4.83. The van der Waals surface area contributed by atoms with Crippen molar-refractivity contribution < 1.29 is 13.2 Å². The molecule has 3 aromatic rings. The van der Waals surface area contributed by atoms with Gasteiger partial charge in [0.25, 0.3) is 10.0 Å². The van der Waals surface area contributed by atoms with Gasteiger partial charge in [-0.05, 0) is 60.0 Å². The fourth-order valence-corrected chi connectivity index (χ4v) is 4.84. The Morgan fingerprint density at radius 1 is 0.862 bits per heavy atom. The fourth-order valence-electron chi connectivity index (χ4n) is 3.36. The second-order valence-corrected chi connectivity index (χ2v) is 9.33. The van der Waals surface area contributed by atoms with Crippen molar-refractivity contribution in [3.8, 4) is 0 Å². The first-order valence-electron chi connectivity index (χ1n) is 9.48. The Bertz CT molecular complexity index is 1130. The maximum atomic E-state index is 13.6. The number of anilines is 1. The summed E-state index contributed by atoms with van der Waals surface area (Å²) in [4.78, 5) is 13.8. The van der Waals surface area contributed by atoms with Crippen molar-refractivity contribution in [1.29, 1.82) is 0 Å². The van der Waals surface area contributed by atoms with Gasteiger partial charge in [-0.15, -0.1) is 0 Å². The number of carbonyl (C=O) groups excluding carboxylic acids is 1. The second-order valence-electron chi connectivity index (χ2n) is 7.47. The van der Waals surface area contributed by atoms with Crippen LogP contribution in [0.15, 0.2) is 65.6 Å². The topological polar surface area (TPSA) is 57.7 Å². The van der Waals surface area contributed by atoms with Crippen LogP contribution in [0.25, 0.3) is 10.8 Å². The average Bonchev–Trinajstić information content (AvgIpc) is 2.66. The summed E-state index contributed by atoms with van der Waals surface area (Å²) in [5.41, 5.74) is 2.51. The molecule has 0 atom stereocenters. The number of hydrogen-bond acceptors (Lipinski definition) is 3. The van der Waals surface area contributed by atoms with Crippen molar-refractivity contribution in [3.63, 3.8) is 0 Å². The number of sulfonamides is 1. The van der Waals surface area contributed by atoms with Crippen molar-refractivity contribution in [2.75, 3.05) is 24.9 Å². The highest BCUT2D eigenvalue weighted by molar-refractivity contribution is 7.92. The summed E-state index contributed by atoms with van der Waals surface area (Å²) in [6, 6.07) is 18.4. The quantitative estimate of drug-likeness (QED) is 0.614. The number of rotatable bonds is 6. The molecule has 1 amide bonds. The zero-order valence-electron chi connectivity index (χ0n) is 17.2. The third-order valence-corrected chi connectivity index (χ3v) is 6.65. The van der Waals surface area contributed by atoms with E-state index in [4.69, 9.17) is 0 Å². The van der Waals surface area contributed by atoms with E-state index in [2.05, 4.69) is 0 Å². The first kappa shape index (κ1) is 20.9. The minimum Gasteiger partial charge on any atom is -0.349 e. The minimum absolute atomic E-state index is 0.0784. The number of nitrogens with zero attached hydrogens (tertiary/aromatic N) is 2. The van der Waals surface area contributed by atoms with Gasteiger partial charge in [-0.2, -0.15) is 0 Å². The SMILES string of the molecule is Cc1cc(C)cc(N(CCC(=O)N(C)C)S(=O)(=O)c2ccc3ccccc3c2)c1. The summed E-state index contributed by atoms with van der Waals surface area (Å²) >= 11 is 0. The molecule has 0 saturated carbocycles. The molecule has 0 saturated heterocycles. The van der Waals surface area contributed by atoms with E-state index in [-0.39, 0.29) is 23.8 Å². The summed E-state index contributed by atoms with van der Waals surface area (Å²) in [6.45, 7) is 3.94. The first-order valence-corrected chi connectivity index (χ1v) is 10.9. The van der Waals surface area contributed by atoms with E-state index in [1.54, 1.807) is 26.2 Å². The van der Waals surface area contributed by atoms with Gasteiger partial charge in [0, 0.05) is 27.1 Å². The molecule has 0 aliphatic heterocycles. The van der Waals surface area contributed by atoms with Crippen LogP contribution in [0, 0.1) is 13.8 Å². The summed E-state index contributed by atoms with van der Waals surface area (Å²) in [7, 11) is -0.502. The van der Waals surface area contributed by atoms with Crippen molar-refractivity contribution in [3.05, 3.63) is 71.8 Å². The van der Waals surface area contributed by atoms with Gasteiger partial charge in [0.15, 0.2) is 0 Å². The number of benzene rings is 3. The molecule has 0 aliphatic carbocycles. The first-order chi connectivity index (χ1) is 13.7. The zero-order valence-corrected chi connectivity index (χ0v) is 18.0. The fraction of sp³-hybridized carbons (Fsp3) is 0.261. The smallest absolute Gasteiger partial charge is 0.264 e. The predicted molar refractivity (Wildman–Crippen MR) is 118 cm³/mol. The molecule has 0 unspecified atom stereocenters. The molecule has 0 heterocycles. The highest BCUT2D eigenvalue weighted by Crippen LogP contribution is 2.28. The van der Waals surface area contributed by atoms with Gasteiger partial charge in [0.2, 0.25) is 5.91 Å². The number of fused-ring (bicyclic) bond motifs is 1. The number of carbonyl (C=O) groups is 1. The van der Waals surface area contributed by atoms with Gasteiger partial charge in [-0.3, -0.25) is 9.10 Å². The number of amides is 1. The normalized spacial score (nSPS) is 11.4. The van der Waals surface area contributed by atoms with Crippen LogP contribution in [-0.4, -0.2) is 39.9 Å². The van der Waals surface area contributed by atoms with Crippen molar-refractivity contribution in [2.24, 2.45) is 0 Å². The Morgan fingerprint density at radius 2 is 1.48 bits per heavy atom. The highest BCUT2D eigenvalue weighted by Gasteiger charge is 2.26. The van der Waals surface area contributed by atoms with Crippen LogP contribution in [0.5, 0.6) is 0 Å². The summed E-state index contributed by atoms with van der Waals surface area (Å²) in [5, 5.41) is 1.84.